The van der Waals surface area contributed by atoms with Gasteiger partial charge >= 0.3 is 0 Å². The number of hydrogen-bond donors (Lipinski definition) is 0. The van der Waals surface area contributed by atoms with Gasteiger partial charge in [-0.05, 0) is 43.2 Å². The molecule has 0 aliphatic rings. The summed E-state index contributed by atoms with van der Waals surface area (Å²) in [6.07, 6.45) is 0.367. The lowest BCUT2D eigenvalue weighted by atomic mass is 10.2. The van der Waals surface area contributed by atoms with Gasteiger partial charge in [0.15, 0.2) is 0 Å². The van der Waals surface area contributed by atoms with Crippen molar-refractivity contribution in [3.05, 3.63) is 63.9 Å². The predicted octanol–water partition coefficient (Wildman–Crippen LogP) is 3.84. The molecular weight excluding hydrogens is 359 g/mol. The maximum Gasteiger partial charge on any atom is 0.296 e. The lowest BCUT2D eigenvalue weighted by Crippen LogP contribution is -2.09. The van der Waals surface area contributed by atoms with Crippen LogP contribution in [0.3, 0.4) is 0 Å². The maximum atomic E-state index is 13.0. The van der Waals surface area contributed by atoms with Crippen LogP contribution in [0.15, 0.2) is 51.8 Å². The Morgan fingerprint density at radius 1 is 1.14 bits per heavy atom. The molecule has 0 bridgehead atoms. The van der Waals surface area contributed by atoms with Crippen LogP contribution in [-0.4, -0.2) is 15.0 Å². The average molecular weight is 373 g/mol. The number of aryl methyl sites for hydroxylation is 1. The molecule has 6 heteroatoms. The van der Waals surface area contributed by atoms with E-state index >= 15 is 0 Å². The predicted molar refractivity (Wildman–Crippen MR) is 82.1 cm³/mol. The van der Waals surface area contributed by atoms with E-state index in [9.17, 15) is 12.8 Å². The van der Waals surface area contributed by atoms with Gasteiger partial charge in [-0.15, -0.1) is 0 Å². The van der Waals surface area contributed by atoms with Gasteiger partial charge in [0.1, 0.15) is 5.82 Å². The molecule has 0 spiro atoms. The van der Waals surface area contributed by atoms with Gasteiger partial charge in [-0.3, -0.25) is 4.18 Å². The van der Waals surface area contributed by atoms with Crippen LogP contribution < -0.4 is 0 Å². The van der Waals surface area contributed by atoms with Crippen LogP contribution in [-0.2, 0) is 20.7 Å². The van der Waals surface area contributed by atoms with Crippen molar-refractivity contribution in [1.29, 1.82) is 0 Å². The summed E-state index contributed by atoms with van der Waals surface area (Å²) in [6, 6.07) is 10.7. The first-order valence-corrected chi connectivity index (χ1v) is 8.48. The van der Waals surface area contributed by atoms with Gasteiger partial charge in [-0.25, -0.2) is 4.39 Å². The molecule has 0 heterocycles. The number of rotatable bonds is 5. The molecule has 3 nitrogen and oxygen atoms in total. The Labute approximate surface area is 132 Å². The van der Waals surface area contributed by atoms with E-state index in [4.69, 9.17) is 4.18 Å². The van der Waals surface area contributed by atoms with Crippen LogP contribution in [0.4, 0.5) is 4.39 Å². The lowest BCUT2D eigenvalue weighted by Gasteiger charge is -2.07. The first kappa shape index (κ1) is 16.1. The summed E-state index contributed by atoms with van der Waals surface area (Å²) in [7, 11) is -3.76. The van der Waals surface area contributed by atoms with Gasteiger partial charge in [0.05, 0.1) is 11.5 Å². The second kappa shape index (κ2) is 6.68. The minimum atomic E-state index is -3.76. The first-order valence-electron chi connectivity index (χ1n) is 6.28. The van der Waals surface area contributed by atoms with Gasteiger partial charge in [0.25, 0.3) is 10.1 Å². The van der Waals surface area contributed by atoms with Crippen LogP contribution in [0.5, 0.6) is 0 Å². The summed E-state index contributed by atoms with van der Waals surface area (Å²) in [5.74, 6) is -0.348. The zero-order valence-electron chi connectivity index (χ0n) is 11.3. The molecule has 0 radical (unpaired) electrons. The van der Waals surface area contributed by atoms with Crippen LogP contribution in [0.2, 0.25) is 0 Å². The second-order valence-electron chi connectivity index (χ2n) is 4.57. The highest BCUT2D eigenvalue weighted by molar-refractivity contribution is 9.10. The van der Waals surface area contributed by atoms with E-state index in [1.54, 1.807) is 18.2 Å². The Hall–Kier alpha value is -1.24. The van der Waals surface area contributed by atoms with Gasteiger partial charge in [-0.1, -0.05) is 39.7 Å². The third kappa shape index (κ3) is 4.36. The van der Waals surface area contributed by atoms with E-state index in [1.807, 2.05) is 6.92 Å². The molecule has 0 saturated carbocycles. The van der Waals surface area contributed by atoms with E-state index in [2.05, 4.69) is 15.9 Å². The fourth-order valence-corrected chi connectivity index (χ4v) is 3.22. The lowest BCUT2D eigenvalue weighted by molar-refractivity contribution is 0.322. The fourth-order valence-electron chi connectivity index (χ4n) is 1.76. The second-order valence-corrected chi connectivity index (χ2v) is 7.04. The Morgan fingerprint density at radius 3 is 2.43 bits per heavy atom. The third-order valence-corrected chi connectivity index (χ3v) is 5.00. The molecule has 0 aliphatic heterocycles. The van der Waals surface area contributed by atoms with Crippen LogP contribution >= 0.6 is 15.9 Å². The van der Waals surface area contributed by atoms with E-state index in [-0.39, 0.29) is 17.3 Å². The average Bonchev–Trinajstić information content (AvgIpc) is 2.41. The van der Waals surface area contributed by atoms with Gasteiger partial charge in [-0.2, -0.15) is 8.42 Å². The van der Waals surface area contributed by atoms with E-state index in [0.717, 1.165) is 11.1 Å². The fraction of sp³-hybridized carbons (Fsp3) is 0.200. The normalized spacial score (nSPS) is 11.6. The highest BCUT2D eigenvalue weighted by atomic mass is 79.9. The highest BCUT2D eigenvalue weighted by Gasteiger charge is 2.14. The summed E-state index contributed by atoms with van der Waals surface area (Å²) >= 11 is 3.24. The van der Waals surface area contributed by atoms with Gasteiger partial charge < -0.3 is 0 Å². The van der Waals surface area contributed by atoms with Crippen molar-refractivity contribution < 1.29 is 17.0 Å². The molecule has 0 amide bonds. The van der Waals surface area contributed by atoms with Crippen LogP contribution in [0, 0.1) is 12.7 Å². The smallest absolute Gasteiger partial charge is 0.266 e. The monoisotopic (exact) mass is 372 g/mol. The van der Waals surface area contributed by atoms with E-state index < -0.39 is 10.1 Å². The number of hydrogen-bond acceptors (Lipinski definition) is 3. The highest BCUT2D eigenvalue weighted by Crippen LogP contribution is 2.19. The largest absolute Gasteiger partial charge is 0.296 e. The van der Waals surface area contributed by atoms with Crippen molar-refractivity contribution in [2.45, 2.75) is 18.2 Å². The first-order chi connectivity index (χ1) is 9.88. The standard InChI is InChI=1S/C15H14BrFO3S/c1-11-2-6-14(7-3-11)21(18,19)20-9-8-12-4-5-13(17)10-15(12)16/h2-7,10H,8-9H2,1H3. The van der Waals surface area contributed by atoms with Crippen molar-refractivity contribution >= 4 is 26.0 Å². The Bertz CT molecular complexity index is 727. The third-order valence-electron chi connectivity index (χ3n) is 2.93. The summed E-state index contributed by atoms with van der Waals surface area (Å²) in [4.78, 5) is 0.131. The van der Waals surface area contributed by atoms with Crippen molar-refractivity contribution in [3.63, 3.8) is 0 Å². The minimum absolute atomic E-state index is 0.000439. The summed E-state index contributed by atoms with van der Waals surface area (Å²) < 4.78 is 42.5. The number of benzene rings is 2. The van der Waals surface area contributed by atoms with Crippen LogP contribution in [0.1, 0.15) is 11.1 Å². The SMILES string of the molecule is Cc1ccc(S(=O)(=O)OCCc2ccc(F)cc2Br)cc1. The van der Waals surface area contributed by atoms with Crippen molar-refractivity contribution in [3.8, 4) is 0 Å². The zero-order chi connectivity index (χ0) is 15.5. The van der Waals surface area contributed by atoms with E-state index in [0.29, 0.717) is 10.9 Å². The molecule has 2 aromatic carbocycles. The summed E-state index contributed by atoms with van der Waals surface area (Å²) in [5, 5.41) is 0. The van der Waals surface area contributed by atoms with Crippen molar-refractivity contribution in [1.82, 2.24) is 0 Å². The van der Waals surface area contributed by atoms with E-state index in [1.165, 1.54) is 24.3 Å². The number of halogens is 2. The molecule has 0 atom stereocenters. The zero-order valence-corrected chi connectivity index (χ0v) is 13.7. The van der Waals surface area contributed by atoms with Crippen molar-refractivity contribution in [2.24, 2.45) is 0 Å². The quantitative estimate of drug-likeness (QED) is 0.748. The molecule has 112 valence electrons. The molecule has 0 aliphatic carbocycles. The Morgan fingerprint density at radius 2 is 1.81 bits per heavy atom. The molecule has 21 heavy (non-hydrogen) atoms. The molecule has 0 aromatic heterocycles. The molecule has 2 aromatic rings. The summed E-state index contributed by atoms with van der Waals surface area (Å²) in [6.45, 7) is 1.88. The Balaban J connectivity index is 2.00. The molecule has 0 fully saturated rings. The molecular formula is C15H14BrFO3S. The van der Waals surface area contributed by atoms with Gasteiger partial charge in [0.2, 0.25) is 0 Å². The van der Waals surface area contributed by atoms with Gasteiger partial charge in [0, 0.05) is 4.47 Å². The van der Waals surface area contributed by atoms with Crippen molar-refractivity contribution in [2.75, 3.05) is 6.61 Å². The molecule has 0 unspecified atom stereocenters. The topological polar surface area (TPSA) is 43.4 Å². The molecule has 0 N–H and O–H groups in total. The summed E-state index contributed by atoms with van der Waals surface area (Å²) in [5.41, 5.74) is 1.76. The maximum absolute atomic E-state index is 13.0. The minimum Gasteiger partial charge on any atom is -0.266 e. The van der Waals surface area contributed by atoms with Crippen LogP contribution in [0.25, 0.3) is 0 Å². The molecule has 2 rings (SSSR count). The molecule has 0 saturated heterocycles. The Kier molecular flexibility index (Phi) is 5.13.